The van der Waals surface area contributed by atoms with E-state index in [1.165, 1.54) is 11.1 Å². The van der Waals surface area contributed by atoms with Crippen LogP contribution in [0, 0.1) is 11.3 Å². The molecule has 0 bridgehead atoms. The van der Waals surface area contributed by atoms with E-state index in [0.29, 0.717) is 6.42 Å². The van der Waals surface area contributed by atoms with Crippen molar-refractivity contribution >= 4 is 11.8 Å². The Morgan fingerprint density at radius 2 is 2.33 bits per heavy atom. The van der Waals surface area contributed by atoms with Gasteiger partial charge in [-0.3, -0.25) is 0 Å². The summed E-state index contributed by atoms with van der Waals surface area (Å²) >= 11 is 0. The fourth-order valence-corrected chi connectivity index (χ4v) is 1.94. The molecule has 0 saturated carbocycles. The Morgan fingerprint density at radius 3 is 2.94 bits per heavy atom. The third kappa shape index (κ3) is 2.32. The summed E-state index contributed by atoms with van der Waals surface area (Å²) in [5, 5.41) is 8.71. The first kappa shape index (κ1) is 12.5. The van der Waals surface area contributed by atoms with Crippen molar-refractivity contribution in [2.45, 2.75) is 31.7 Å². The van der Waals surface area contributed by atoms with Crippen molar-refractivity contribution in [3.8, 4) is 6.07 Å². The summed E-state index contributed by atoms with van der Waals surface area (Å²) in [6, 6.07) is 1.76. The predicted molar refractivity (Wildman–Crippen MR) is 62.1 cm³/mol. The lowest BCUT2D eigenvalue weighted by molar-refractivity contribution is -0.0182. The molecule has 0 radical (unpaired) electrons. The van der Waals surface area contributed by atoms with Crippen LogP contribution >= 0.6 is 0 Å². The van der Waals surface area contributed by atoms with Crippen molar-refractivity contribution in [2.75, 3.05) is 17.2 Å². The number of piperidine rings is 1. The maximum Gasteiger partial charge on any atom is 0.265 e. The van der Waals surface area contributed by atoms with Crippen molar-refractivity contribution in [1.29, 1.82) is 5.26 Å². The van der Waals surface area contributed by atoms with Crippen LogP contribution in [0.5, 0.6) is 0 Å². The van der Waals surface area contributed by atoms with Gasteiger partial charge in [0, 0.05) is 12.5 Å². The van der Waals surface area contributed by atoms with E-state index in [1.54, 1.807) is 0 Å². The SMILES string of the molecule is CC1CCC(F)(F)CN1c1ncc(C#N)c(N)n1. The Balaban J connectivity index is 2.30. The van der Waals surface area contributed by atoms with Gasteiger partial charge in [0.25, 0.3) is 5.92 Å². The molecule has 1 atom stereocenters. The highest BCUT2D eigenvalue weighted by Crippen LogP contribution is 2.32. The van der Waals surface area contributed by atoms with Crippen LogP contribution in [0.3, 0.4) is 0 Å². The van der Waals surface area contributed by atoms with Crippen molar-refractivity contribution < 1.29 is 8.78 Å². The maximum absolute atomic E-state index is 13.4. The molecule has 2 heterocycles. The summed E-state index contributed by atoms with van der Waals surface area (Å²) in [4.78, 5) is 9.28. The predicted octanol–water partition coefficient (Wildman–Crippen LogP) is 1.55. The van der Waals surface area contributed by atoms with E-state index in [2.05, 4.69) is 9.97 Å². The molecular formula is C11H13F2N5. The number of rotatable bonds is 1. The quantitative estimate of drug-likeness (QED) is 0.821. The topological polar surface area (TPSA) is 78.8 Å². The minimum Gasteiger partial charge on any atom is -0.382 e. The number of nitrogen functional groups attached to an aromatic ring is 1. The molecule has 1 aliphatic rings. The van der Waals surface area contributed by atoms with Crippen LogP contribution in [-0.2, 0) is 0 Å². The number of anilines is 2. The van der Waals surface area contributed by atoms with E-state index < -0.39 is 12.5 Å². The van der Waals surface area contributed by atoms with Gasteiger partial charge < -0.3 is 10.6 Å². The fraction of sp³-hybridized carbons (Fsp3) is 0.545. The molecule has 0 aliphatic carbocycles. The Morgan fingerprint density at radius 1 is 1.61 bits per heavy atom. The lowest BCUT2D eigenvalue weighted by Crippen LogP contribution is -2.48. The van der Waals surface area contributed by atoms with Crippen molar-refractivity contribution in [1.82, 2.24) is 9.97 Å². The molecule has 7 heteroatoms. The minimum absolute atomic E-state index is 0.0172. The van der Waals surface area contributed by atoms with Crippen molar-refractivity contribution in [2.24, 2.45) is 0 Å². The maximum atomic E-state index is 13.4. The number of halogens is 2. The normalized spacial score (nSPS) is 22.6. The minimum atomic E-state index is -2.74. The van der Waals surface area contributed by atoms with E-state index >= 15 is 0 Å². The monoisotopic (exact) mass is 253 g/mol. The molecule has 0 spiro atoms. The number of nitriles is 1. The van der Waals surface area contributed by atoms with Gasteiger partial charge in [0.1, 0.15) is 17.5 Å². The molecular weight excluding hydrogens is 240 g/mol. The van der Waals surface area contributed by atoms with Crippen LogP contribution in [0.25, 0.3) is 0 Å². The standard InChI is InChI=1S/C11H13F2N5/c1-7-2-3-11(12,13)6-18(7)10-16-5-8(4-14)9(15)17-10/h5,7H,2-3,6H2,1H3,(H2,15,16,17). The van der Waals surface area contributed by atoms with E-state index in [4.69, 9.17) is 11.0 Å². The number of hydrogen-bond acceptors (Lipinski definition) is 5. The first-order valence-corrected chi connectivity index (χ1v) is 5.60. The third-order valence-corrected chi connectivity index (χ3v) is 3.04. The zero-order valence-corrected chi connectivity index (χ0v) is 9.90. The van der Waals surface area contributed by atoms with Gasteiger partial charge in [0.2, 0.25) is 5.95 Å². The van der Waals surface area contributed by atoms with Crippen LogP contribution in [0.15, 0.2) is 6.20 Å². The van der Waals surface area contributed by atoms with E-state index in [1.807, 2.05) is 13.0 Å². The number of aromatic nitrogens is 2. The molecule has 0 aromatic carbocycles. The number of alkyl halides is 2. The zero-order valence-electron chi connectivity index (χ0n) is 9.90. The van der Waals surface area contributed by atoms with Crippen LogP contribution < -0.4 is 10.6 Å². The van der Waals surface area contributed by atoms with Gasteiger partial charge in [-0.25, -0.2) is 13.8 Å². The molecule has 1 saturated heterocycles. The molecule has 18 heavy (non-hydrogen) atoms. The number of nitrogens with zero attached hydrogens (tertiary/aromatic N) is 4. The second kappa shape index (κ2) is 4.37. The molecule has 1 unspecified atom stereocenters. The summed E-state index contributed by atoms with van der Waals surface area (Å²) in [7, 11) is 0. The summed E-state index contributed by atoms with van der Waals surface area (Å²) in [5.74, 6) is -2.57. The Labute approximate surface area is 103 Å². The van der Waals surface area contributed by atoms with Gasteiger partial charge in [0.15, 0.2) is 0 Å². The van der Waals surface area contributed by atoms with Crippen molar-refractivity contribution in [3.63, 3.8) is 0 Å². The van der Waals surface area contributed by atoms with Crippen molar-refractivity contribution in [3.05, 3.63) is 11.8 Å². The lowest BCUT2D eigenvalue weighted by Gasteiger charge is -2.37. The number of hydrogen-bond donors (Lipinski definition) is 1. The van der Waals surface area contributed by atoms with Gasteiger partial charge in [0.05, 0.1) is 12.7 Å². The van der Waals surface area contributed by atoms with Crippen LogP contribution in [-0.4, -0.2) is 28.5 Å². The van der Waals surface area contributed by atoms with Gasteiger partial charge in [-0.15, -0.1) is 0 Å². The summed E-state index contributed by atoms with van der Waals surface area (Å²) < 4.78 is 26.8. The molecule has 1 fully saturated rings. The van der Waals surface area contributed by atoms with Gasteiger partial charge >= 0.3 is 0 Å². The number of nitrogens with two attached hydrogens (primary N) is 1. The average molecular weight is 253 g/mol. The summed E-state index contributed by atoms with van der Waals surface area (Å²) in [6.07, 6.45) is 1.50. The molecule has 1 aromatic heterocycles. The van der Waals surface area contributed by atoms with E-state index in [-0.39, 0.29) is 29.8 Å². The zero-order chi connectivity index (χ0) is 13.3. The van der Waals surface area contributed by atoms with Crippen LogP contribution in [0.1, 0.15) is 25.3 Å². The fourth-order valence-electron chi connectivity index (χ4n) is 1.94. The Hall–Kier alpha value is -1.97. The highest BCUT2D eigenvalue weighted by molar-refractivity contribution is 5.50. The third-order valence-electron chi connectivity index (χ3n) is 3.04. The molecule has 2 N–H and O–H groups in total. The van der Waals surface area contributed by atoms with E-state index in [9.17, 15) is 8.78 Å². The highest BCUT2D eigenvalue weighted by Gasteiger charge is 2.39. The second-order valence-electron chi connectivity index (χ2n) is 4.45. The first-order chi connectivity index (χ1) is 8.43. The highest BCUT2D eigenvalue weighted by atomic mass is 19.3. The molecule has 1 aromatic rings. The van der Waals surface area contributed by atoms with Gasteiger partial charge in [-0.05, 0) is 13.3 Å². The van der Waals surface area contributed by atoms with Crippen LogP contribution in [0.4, 0.5) is 20.5 Å². The largest absolute Gasteiger partial charge is 0.382 e. The molecule has 96 valence electrons. The van der Waals surface area contributed by atoms with E-state index in [0.717, 1.165) is 0 Å². The van der Waals surface area contributed by atoms with Crippen LogP contribution in [0.2, 0.25) is 0 Å². The summed E-state index contributed by atoms with van der Waals surface area (Å²) in [6.45, 7) is 1.42. The first-order valence-electron chi connectivity index (χ1n) is 5.60. The molecule has 1 aliphatic heterocycles. The Bertz CT molecular complexity index is 497. The average Bonchev–Trinajstić information content (AvgIpc) is 2.32. The second-order valence-corrected chi connectivity index (χ2v) is 4.45. The van der Waals surface area contributed by atoms with Gasteiger partial charge in [-0.2, -0.15) is 10.2 Å². The smallest absolute Gasteiger partial charge is 0.265 e. The Kier molecular flexibility index (Phi) is 3.03. The van der Waals surface area contributed by atoms with Gasteiger partial charge in [-0.1, -0.05) is 0 Å². The molecule has 0 amide bonds. The molecule has 2 rings (SSSR count). The summed E-state index contributed by atoms with van der Waals surface area (Å²) in [5.41, 5.74) is 5.71. The molecule has 5 nitrogen and oxygen atoms in total. The lowest BCUT2D eigenvalue weighted by atomic mass is 10.0.